The van der Waals surface area contributed by atoms with Crippen molar-refractivity contribution in [2.75, 3.05) is 13.1 Å². The molecule has 0 atom stereocenters. The van der Waals surface area contributed by atoms with E-state index in [9.17, 15) is 4.79 Å². The zero-order chi connectivity index (χ0) is 27.8. The maximum absolute atomic E-state index is 13.7. The second-order valence-electron chi connectivity index (χ2n) is 10.3. The maximum atomic E-state index is 13.7. The number of hydrogen-bond donors (Lipinski definition) is 3. The summed E-state index contributed by atoms with van der Waals surface area (Å²) in [7, 11) is 0. The zero-order valence-electron chi connectivity index (χ0n) is 23.2. The van der Waals surface area contributed by atoms with Crippen LogP contribution in [0.3, 0.4) is 0 Å². The molecule has 0 amide bonds. The van der Waals surface area contributed by atoms with Gasteiger partial charge in [-0.1, -0.05) is 54.6 Å². The van der Waals surface area contributed by atoms with Crippen molar-refractivity contribution < 1.29 is 4.79 Å². The van der Waals surface area contributed by atoms with E-state index in [2.05, 4.69) is 51.8 Å². The first-order chi connectivity index (χ1) is 20.2. The second kappa shape index (κ2) is 11.5. The van der Waals surface area contributed by atoms with Crippen LogP contribution < -0.4 is 5.32 Å². The number of aromatic nitrogens is 4. The van der Waals surface area contributed by atoms with Gasteiger partial charge in [0.2, 0.25) is 5.78 Å². The molecule has 0 unspecified atom stereocenters. The van der Waals surface area contributed by atoms with E-state index in [0.29, 0.717) is 24.5 Å². The standard InChI is InChI=1S/C34H30N6O.ClH/c1-22-39-32-33(40(22)25-9-3-2-4-10-25)30(35-17-15-23-20-37-28-13-7-5-11-26(23)28)19-31(34(32)41)36-18-16-24-21-38-29-14-8-6-12-27(24)29;/h2-14,19-21,36-38H,15-18H2,1H3;1H. The highest BCUT2D eigenvalue weighted by molar-refractivity contribution is 6.25. The van der Waals surface area contributed by atoms with Crippen LogP contribution in [0.25, 0.3) is 27.5 Å². The molecule has 3 N–H and O–H groups in total. The van der Waals surface area contributed by atoms with Gasteiger partial charge in [0.1, 0.15) is 17.2 Å². The molecule has 42 heavy (non-hydrogen) atoms. The monoisotopic (exact) mass is 574 g/mol. The van der Waals surface area contributed by atoms with Crippen LogP contribution in [0.4, 0.5) is 0 Å². The number of allylic oxidation sites excluding steroid dienone is 2. The summed E-state index contributed by atoms with van der Waals surface area (Å²) in [5.74, 6) is 0.652. The van der Waals surface area contributed by atoms with Crippen LogP contribution in [0.15, 0.2) is 108 Å². The Labute approximate surface area is 249 Å². The predicted molar refractivity (Wildman–Crippen MR) is 171 cm³/mol. The molecule has 0 aliphatic heterocycles. The average Bonchev–Trinajstić information content (AvgIpc) is 3.71. The highest BCUT2D eigenvalue weighted by Crippen LogP contribution is 2.26. The van der Waals surface area contributed by atoms with Crippen LogP contribution in [0, 0.1) is 6.92 Å². The Morgan fingerprint density at radius 2 is 1.45 bits per heavy atom. The number of aromatic amines is 2. The number of nitrogens with one attached hydrogen (secondary N) is 3. The van der Waals surface area contributed by atoms with Crippen LogP contribution >= 0.6 is 12.4 Å². The number of carbonyl (C=O) groups is 1. The molecule has 8 heteroatoms. The van der Waals surface area contributed by atoms with Gasteiger partial charge in [-0.05, 0) is 61.2 Å². The van der Waals surface area contributed by atoms with Gasteiger partial charge >= 0.3 is 0 Å². The minimum absolute atomic E-state index is 0. The third kappa shape index (κ3) is 4.92. The van der Waals surface area contributed by atoms with Crippen molar-refractivity contribution in [1.82, 2.24) is 24.8 Å². The molecule has 210 valence electrons. The van der Waals surface area contributed by atoms with Crippen LogP contribution in [0.5, 0.6) is 0 Å². The fourth-order valence-electron chi connectivity index (χ4n) is 5.78. The van der Waals surface area contributed by atoms with Crippen LogP contribution in [0.2, 0.25) is 0 Å². The van der Waals surface area contributed by atoms with Gasteiger partial charge in [-0.25, -0.2) is 4.98 Å². The first kappa shape index (κ1) is 27.3. The fourth-order valence-corrected chi connectivity index (χ4v) is 5.78. The van der Waals surface area contributed by atoms with E-state index < -0.39 is 0 Å². The van der Waals surface area contributed by atoms with E-state index in [0.717, 1.165) is 46.8 Å². The number of fused-ring (bicyclic) bond motifs is 3. The number of para-hydroxylation sites is 3. The lowest BCUT2D eigenvalue weighted by atomic mass is 10.0. The van der Waals surface area contributed by atoms with Gasteiger partial charge in [-0.15, -0.1) is 12.4 Å². The molecular formula is C34H31ClN6O. The molecule has 3 heterocycles. The summed E-state index contributed by atoms with van der Waals surface area (Å²) in [4.78, 5) is 30.2. The number of aliphatic imine (C=N–C) groups is 1. The van der Waals surface area contributed by atoms with Crippen LogP contribution in [-0.4, -0.2) is 44.1 Å². The van der Waals surface area contributed by atoms with E-state index in [4.69, 9.17) is 9.98 Å². The van der Waals surface area contributed by atoms with E-state index in [1.807, 2.05) is 72.3 Å². The third-order valence-corrected chi connectivity index (χ3v) is 7.77. The Morgan fingerprint density at radius 1 is 0.833 bits per heavy atom. The molecule has 6 aromatic rings. The van der Waals surface area contributed by atoms with E-state index in [1.165, 1.54) is 21.9 Å². The highest BCUT2D eigenvalue weighted by atomic mass is 35.5. The Hall–Kier alpha value is -4.88. The zero-order valence-corrected chi connectivity index (χ0v) is 24.0. The molecule has 0 bridgehead atoms. The predicted octanol–water partition coefficient (Wildman–Crippen LogP) is 6.51. The van der Waals surface area contributed by atoms with Crippen molar-refractivity contribution >= 4 is 45.7 Å². The molecule has 0 saturated heterocycles. The third-order valence-electron chi connectivity index (χ3n) is 7.77. The topological polar surface area (TPSA) is 90.9 Å². The quantitative estimate of drug-likeness (QED) is 0.193. The molecule has 1 aliphatic rings. The molecule has 3 aromatic carbocycles. The van der Waals surface area contributed by atoms with Crippen molar-refractivity contribution in [3.05, 3.63) is 131 Å². The second-order valence-corrected chi connectivity index (χ2v) is 10.3. The number of halogens is 1. The molecule has 7 nitrogen and oxygen atoms in total. The molecular weight excluding hydrogens is 544 g/mol. The number of imidazole rings is 1. The summed E-state index contributed by atoms with van der Waals surface area (Å²) < 4.78 is 2.04. The Bertz CT molecular complexity index is 1960. The van der Waals surface area contributed by atoms with Crippen molar-refractivity contribution in [2.45, 2.75) is 19.8 Å². The minimum atomic E-state index is -0.104. The van der Waals surface area contributed by atoms with Gasteiger partial charge in [0.25, 0.3) is 0 Å². The van der Waals surface area contributed by atoms with E-state index >= 15 is 0 Å². The molecule has 7 rings (SSSR count). The summed E-state index contributed by atoms with van der Waals surface area (Å²) in [5, 5.41) is 5.83. The van der Waals surface area contributed by atoms with Crippen LogP contribution in [-0.2, 0) is 12.8 Å². The molecule has 0 spiro atoms. The summed E-state index contributed by atoms with van der Waals surface area (Å²) >= 11 is 0. The summed E-state index contributed by atoms with van der Waals surface area (Å²) in [5.41, 5.74) is 8.13. The SMILES string of the molecule is Cc1nc2c(n1-c1ccccc1)C(=NCCc1c[nH]c3ccccc13)C=C(NCCc1c[nH]c3ccccc13)C2=O.Cl. The number of ketones is 1. The van der Waals surface area contributed by atoms with E-state index in [1.54, 1.807) is 0 Å². The van der Waals surface area contributed by atoms with Gasteiger partial charge in [0.05, 0.1) is 11.4 Å². The molecule has 0 fully saturated rings. The van der Waals surface area contributed by atoms with Crippen molar-refractivity contribution in [1.29, 1.82) is 0 Å². The average molecular weight is 575 g/mol. The fraction of sp³-hybridized carbons (Fsp3) is 0.147. The lowest BCUT2D eigenvalue weighted by Gasteiger charge is -2.18. The van der Waals surface area contributed by atoms with Gasteiger partial charge in [-0.3, -0.25) is 14.4 Å². The maximum Gasteiger partial charge on any atom is 0.229 e. The number of benzene rings is 3. The number of nitrogens with zero attached hydrogens (tertiary/aromatic N) is 3. The normalized spacial score (nSPS) is 13.8. The van der Waals surface area contributed by atoms with Crippen molar-refractivity contribution in [3.8, 4) is 5.69 Å². The van der Waals surface area contributed by atoms with E-state index in [-0.39, 0.29) is 18.2 Å². The first-order valence-electron chi connectivity index (χ1n) is 14.0. The van der Waals surface area contributed by atoms with Gasteiger partial charge in [-0.2, -0.15) is 0 Å². The summed E-state index contributed by atoms with van der Waals surface area (Å²) in [6.07, 6.45) is 7.57. The number of aryl methyl sites for hydroxylation is 1. The Morgan fingerprint density at radius 3 is 2.14 bits per heavy atom. The lowest BCUT2D eigenvalue weighted by molar-refractivity contribution is 0.102. The number of Topliss-reactive ketones (excluding diaryl/α,β-unsaturated/α-hetero) is 1. The highest BCUT2D eigenvalue weighted by Gasteiger charge is 2.31. The number of hydrogen-bond acceptors (Lipinski definition) is 4. The summed E-state index contributed by atoms with van der Waals surface area (Å²) in [6.45, 7) is 3.14. The van der Waals surface area contributed by atoms with Gasteiger partial charge in [0.15, 0.2) is 0 Å². The van der Waals surface area contributed by atoms with Gasteiger partial charge in [0, 0.05) is 53.0 Å². The minimum Gasteiger partial charge on any atom is -0.381 e. The largest absolute Gasteiger partial charge is 0.381 e. The number of rotatable bonds is 8. The molecule has 3 aromatic heterocycles. The lowest BCUT2D eigenvalue weighted by Crippen LogP contribution is -2.29. The smallest absolute Gasteiger partial charge is 0.229 e. The summed E-state index contributed by atoms with van der Waals surface area (Å²) in [6, 6.07) is 26.6. The number of carbonyl (C=O) groups excluding carboxylic acids is 1. The molecule has 1 aliphatic carbocycles. The van der Waals surface area contributed by atoms with Crippen molar-refractivity contribution in [3.63, 3.8) is 0 Å². The van der Waals surface area contributed by atoms with Crippen molar-refractivity contribution in [2.24, 2.45) is 4.99 Å². The van der Waals surface area contributed by atoms with Gasteiger partial charge < -0.3 is 15.3 Å². The van der Waals surface area contributed by atoms with Crippen LogP contribution in [0.1, 0.15) is 33.1 Å². The number of H-pyrrole nitrogens is 2. The molecule has 0 radical (unpaired) electrons. The Kier molecular flexibility index (Phi) is 7.50. The molecule has 0 saturated carbocycles. The Balaban J connectivity index is 0.00000316. The first-order valence-corrected chi connectivity index (χ1v) is 14.0.